The molecule has 1 aliphatic heterocycles. The molecule has 1 saturated heterocycles. The van der Waals surface area contributed by atoms with Gasteiger partial charge in [-0.15, -0.1) is 12.4 Å². The Morgan fingerprint density at radius 1 is 1.50 bits per heavy atom. The quantitative estimate of drug-likeness (QED) is 0.798. The molecule has 5 nitrogen and oxygen atoms in total. The zero-order valence-corrected chi connectivity index (χ0v) is 12.0. The molecule has 0 spiro atoms. The topological polar surface area (TPSA) is 69.8 Å². The van der Waals surface area contributed by atoms with E-state index < -0.39 is 0 Å². The minimum atomic E-state index is 0. The van der Waals surface area contributed by atoms with Crippen LogP contribution in [0.4, 0.5) is 0 Å². The van der Waals surface area contributed by atoms with Crippen molar-refractivity contribution in [2.75, 3.05) is 13.1 Å². The Kier molecular flexibility index (Phi) is 4.98. The summed E-state index contributed by atoms with van der Waals surface area (Å²) in [6, 6.07) is 4.31. The predicted octanol–water partition coefficient (Wildman–Crippen LogP) is 1.40. The van der Waals surface area contributed by atoms with Gasteiger partial charge in [0, 0.05) is 30.4 Å². The van der Waals surface area contributed by atoms with Crippen LogP contribution in [0.5, 0.6) is 0 Å². The first-order valence-electron chi connectivity index (χ1n) is 6.74. The van der Waals surface area contributed by atoms with Gasteiger partial charge in [0.2, 0.25) is 5.91 Å². The summed E-state index contributed by atoms with van der Waals surface area (Å²) in [6.07, 6.45) is 6.36. The van der Waals surface area contributed by atoms with Crippen LogP contribution < -0.4 is 10.6 Å². The van der Waals surface area contributed by atoms with Gasteiger partial charge in [0.25, 0.3) is 0 Å². The van der Waals surface area contributed by atoms with E-state index in [1.807, 2.05) is 18.3 Å². The number of halogens is 1. The maximum absolute atomic E-state index is 11.9. The lowest BCUT2D eigenvalue weighted by atomic mass is 10.1. The largest absolute Gasteiger partial charge is 0.354 e. The molecule has 3 N–H and O–H groups in total. The van der Waals surface area contributed by atoms with Crippen molar-refractivity contribution in [2.45, 2.75) is 25.3 Å². The molecule has 20 heavy (non-hydrogen) atoms. The van der Waals surface area contributed by atoms with Crippen LogP contribution in [0.15, 0.2) is 24.5 Å². The normalized spacial score (nSPS) is 17.9. The van der Waals surface area contributed by atoms with Gasteiger partial charge in [-0.25, -0.2) is 4.98 Å². The summed E-state index contributed by atoms with van der Waals surface area (Å²) in [5.41, 5.74) is 1.84. The lowest BCUT2D eigenvalue weighted by molar-refractivity contribution is -0.120. The van der Waals surface area contributed by atoms with Gasteiger partial charge in [0.1, 0.15) is 5.65 Å². The molecular formula is C14H19ClN4O. The number of rotatable bonds is 4. The minimum absolute atomic E-state index is 0. The Morgan fingerprint density at radius 2 is 2.40 bits per heavy atom. The number of nitrogens with zero attached hydrogens (tertiary/aromatic N) is 1. The highest BCUT2D eigenvalue weighted by Gasteiger charge is 2.15. The van der Waals surface area contributed by atoms with Crippen LogP contribution in [0.25, 0.3) is 11.0 Å². The maximum Gasteiger partial charge on any atom is 0.224 e. The van der Waals surface area contributed by atoms with Crippen LogP contribution in [0.2, 0.25) is 0 Å². The molecule has 1 aliphatic rings. The summed E-state index contributed by atoms with van der Waals surface area (Å²) in [7, 11) is 0. The van der Waals surface area contributed by atoms with Crippen LogP contribution in [0.3, 0.4) is 0 Å². The predicted molar refractivity (Wildman–Crippen MR) is 81.1 cm³/mol. The monoisotopic (exact) mass is 294 g/mol. The van der Waals surface area contributed by atoms with E-state index in [0.717, 1.165) is 36.1 Å². The molecule has 0 radical (unpaired) electrons. The summed E-state index contributed by atoms with van der Waals surface area (Å²) < 4.78 is 0. The first-order chi connectivity index (χ1) is 9.33. The number of H-pyrrole nitrogens is 1. The van der Waals surface area contributed by atoms with Crippen molar-refractivity contribution in [3.05, 3.63) is 30.1 Å². The van der Waals surface area contributed by atoms with Gasteiger partial charge in [0.05, 0.1) is 6.42 Å². The van der Waals surface area contributed by atoms with E-state index in [1.165, 1.54) is 6.42 Å². The molecule has 108 valence electrons. The number of carbonyl (C=O) groups excluding carboxylic acids is 1. The smallest absolute Gasteiger partial charge is 0.224 e. The Labute approximate surface area is 124 Å². The average Bonchev–Trinajstić information content (AvgIpc) is 3.07. The second kappa shape index (κ2) is 6.72. The Morgan fingerprint density at radius 3 is 3.20 bits per heavy atom. The molecule has 1 unspecified atom stereocenters. The molecule has 0 aromatic carbocycles. The summed E-state index contributed by atoms with van der Waals surface area (Å²) >= 11 is 0. The fraction of sp³-hybridized carbons (Fsp3) is 0.429. The summed E-state index contributed by atoms with van der Waals surface area (Å²) in [5.74, 6) is 0.0680. The third kappa shape index (κ3) is 3.29. The number of hydrogen-bond acceptors (Lipinski definition) is 3. The van der Waals surface area contributed by atoms with Crippen molar-refractivity contribution in [1.82, 2.24) is 20.6 Å². The average molecular weight is 295 g/mol. The van der Waals surface area contributed by atoms with Gasteiger partial charge < -0.3 is 15.6 Å². The van der Waals surface area contributed by atoms with Crippen molar-refractivity contribution in [2.24, 2.45) is 0 Å². The van der Waals surface area contributed by atoms with E-state index in [4.69, 9.17) is 0 Å². The number of fused-ring (bicyclic) bond motifs is 1. The van der Waals surface area contributed by atoms with E-state index in [9.17, 15) is 4.79 Å². The summed E-state index contributed by atoms with van der Waals surface area (Å²) in [5, 5.41) is 7.39. The summed E-state index contributed by atoms with van der Waals surface area (Å²) in [6.45, 7) is 1.79. The number of amides is 1. The third-order valence-corrected chi connectivity index (χ3v) is 3.60. The minimum Gasteiger partial charge on any atom is -0.354 e. The van der Waals surface area contributed by atoms with Gasteiger partial charge in [-0.1, -0.05) is 0 Å². The lowest BCUT2D eigenvalue weighted by Crippen LogP contribution is -2.37. The SMILES string of the molecule is Cl.O=C(Cc1c[nH]c2ncccc12)NCC1CCCN1. The van der Waals surface area contributed by atoms with Crippen LogP contribution in [0.1, 0.15) is 18.4 Å². The van der Waals surface area contributed by atoms with Crippen molar-refractivity contribution >= 4 is 29.3 Å². The number of carbonyl (C=O) groups is 1. The molecule has 3 heterocycles. The molecule has 1 amide bonds. The van der Waals surface area contributed by atoms with Gasteiger partial charge in [0.15, 0.2) is 0 Å². The number of aromatic amines is 1. The third-order valence-electron chi connectivity index (χ3n) is 3.60. The maximum atomic E-state index is 11.9. The standard InChI is InChI=1S/C14H18N4O.ClH/c19-13(17-9-11-3-1-5-15-11)7-10-8-18-14-12(10)4-2-6-16-14;/h2,4,6,8,11,15H,1,3,5,7,9H2,(H,16,18)(H,17,19);1H. The highest BCUT2D eigenvalue weighted by Crippen LogP contribution is 2.15. The van der Waals surface area contributed by atoms with Crippen LogP contribution in [-0.2, 0) is 11.2 Å². The van der Waals surface area contributed by atoms with Crippen molar-refractivity contribution in [3.8, 4) is 0 Å². The van der Waals surface area contributed by atoms with E-state index in [0.29, 0.717) is 12.5 Å². The molecular weight excluding hydrogens is 276 g/mol. The zero-order chi connectivity index (χ0) is 13.1. The lowest BCUT2D eigenvalue weighted by Gasteiger charge is -2.11. The molecule has 3 rings (SSSR count). The first kappa shape index (κ1) is 14.8. The number of pyridine rings is 1. The van der Waals surface area contributed by atoms with Gasteiger partial charge in [-0.3, -0.25) is 4.79 Å². The highest BCUT2D eigenvalue weighted by molar-refractivity contribution is 5.87. The molecule has 0 bridgehead atoms. The Bertz CT molecular complexity index is 577. The van der Waals surface area contributed by atoms with Crippen molar-refractivity contribution in [3.63, 3.8) is 0 Å². The number of nitrogens with one attached hydrogen (secondary N) is 3. The van der Waals surface area contributed by atoms with E-state index in [1.54, 1.807) is 6.20 Å². The Hall–Kier alpha value is -1.59. The van der Waals surface area contributed by atoms with Gasteiger partial charge in [-0.05, 0) is 37.1 Å². The van der Waals surface area contributed by atoms with Crippen LogP contribution in [0, 0.1) is 0 Å². The van der Waals surface area contributed by atoms with Crippen molar-refractivity contribution in [1.29, 1.82) is 0 Å². The second-order valence-electron chi connectivity index (χ2n) is 4.99. The summed E-state index contributed by atoms with van der Waals surface area (Å²) in [4.78, 5) is 19.2. The molecule has 6 heteroatoms. The molecule has 0 saturated carbocycles. The molecule has 2 aromatic rings. The highest BCUT2D eigenvalue weighted by atomic mass is 35.5. The molecule has 0 aliphatic carbocycles. The van der Waals surface area contributed by atoms with Crippen molar-refractivity contribution < 1.29 is 4.79 Å². The van der Waals surface area contributed by atoms with E-state index in [-0.39, 0.29) is 18.3 Å². The number of aromatic nitrogens is 2. The first-order valence-corrected chi connectivity index (χ1v) is 6.74. The number of hydrogen-bond donors (Lipinski definition) is 3. The fourth-order valence-electron chi connectivity index (χ4n) is 2.56. The molecule has 2 aromatic heterocycles. The van der Waals surface area contributed by atoms with Crippen LogP contribution in [-0.4, -0.2) is 35.0 Å². The zero-order valence-electron chi connectivity index (χ0n) is 11.2. The molecule has 1 atom stereocenters. The van der Waals surface area contributed by atoms with E-state index in [2.05, 4.69) is 20.6 Å². The van der Waals surface area contributed by atoms with E-state index >= 15 is 0 Å². The second-order valence-corrected chi connectivity index (χ2v) is 4.99. The van der Waals surface area contributed by atoms with Gasteiger partial charge in [-0.2, -0.15) is 0 Å². The Balaban J connectivity index is 0.00000147. The van der Waals surface area contributed by atoms with Gasteiger partial charge >= 0.3 is 0 Å². The fourth-order valence-corrected chi connectivity index (χ4v) is 2.56. The molecule has 1 fully saturated rings. The van der Waals surface area contributed by atoms with Crippen LogP contribution >= 0.6 is 12.4 Å².